The lowest BCUT2D eigenvalue weighted by Crippen LogP contribution is -2.30. The second-order valence-corrected chi connectivity index (χ2v) is 4.58. The third-order valence-corrected chi connectivity index (χ3v) is 3.23. The van der Waals surface area contributed by atoms with Crippen molar-refractivity contribution in [3.8, 4) is 17.8 Å². The van der Waals surface area contributed by atoms with Crippen molar-refractivity contribution in [2.24, 2.45) is 5.92 Å². The van der Waals surface area contributed by atoms with E-state index >= 15 is 0 Å². The van der Waals surface area contributed by atoms with Crippen molar-refractivity contribution in [2.75, 3.05) is 33.9 Å². The molecular weight excluding hydrogens is 246 g/mol. The minimum absolute atomic E-state index is 0.306. The third-order valence-electron chi connectivity index (χ3n) is 3.23. The van der Waals surface area contributed by atoms with Crippen LogP contribution in [0.4, 0.5) is 0 Å². The minimum atomic E-state index is 0.306. The van der Waals surface area contributed by atoms with Crippen molar-refractivity contribution in [1.82, 2.24) is 15.3 Å². The Morgan fingerprint density at radius 2 is 2.00 bits per heavy atom. The highest BCUT2D eigenvalue weighted by molar-refractivity contribution is 5.22. The van der Waals surface area contributed by atoms with Gasteiger partial charge in [-0.1, -0.05) is 0 Å². The zero-order valence-electron chi connectivity index (χ0n) is 11.5. The van der Waals surface area contributed by atoms with Crippen LogP contribution in [-0.2, 0) is 0 Å². The average molecular weight is 267 g/mol. The number of aromatic nitrogens is 2. The molecule has 1 N–H and O–H groups in total. The Balaban J connectivity index is 1.84. The molecule has 0 radical (unpaired) electrons. The molecule has 106 valence electrons. The molecule has 0 saturated carbocycles. The van der Waals surface area contributed by atoms with E-state index in [1.165, 1.54) is 12.8 Å². The summed E-state index contributed by atoms with van der Waals surface area (Å²) in [4.78, 5) is 8.26. The van der Waals surface area contributed by atoms with Crippen LogP contribution in [0.2, 0.25) is 0 Å². The number of nitrogens with one attached hydrogen (secondary N) is 1. The van der Waals surface area contributed by atoms with Crippen molar-refractivity contribution in [3.63, 3.8) is 0 Å². The van der Waals surface area contributed by atoms with Crippen molar-refractivity contribution < 1.29 is 14.2 Å². The van der Waals surface area contributed by atoms with Gasteiger partial charge in [0, 0.05) is 0 Å². The van der Waals surface area contributed by atoms with Crippen molar-refractivity contribution in [2.45, 2.75) is 19.3 Å². The Bertz CT molecular complexity index is 372. The summed E-state index contributed by atoms with van der Waals surface area (Å²) in [5, 5.41) is 3.39. The highest BCUT2D eigenvalue weighted by Gasteiger charge is 2.13. The molecule has 1 aliphatic rings. The quantitative estimate of drug-likeness (QED) is 0.837. The largest absolute Gasteiger partial charge is 0.481 e. The van der Waals surface area contributed by atoms with E-state index in [4.69, 9.17) is 14.2 Å². The van der Waals surface area contributed by atoms with Crippen LogP contribution in [0.5, 0.6) is 17.8 Å². The van der Waals surface area contributed by atoms with Gasteiger partial charge < -0.3 is 19.5 Å². The van der Waals surface area contributed by atoms with Crippen LogP contribution in [0.25, 0.3) is 0 Å². The van der Waals surface area contributed by atoms with Crippen LogP contribution in [0.15, 0.2) is 6.07 Å². The van der Waals surface area contributed by atoms with E-state index in [1.807, 2.05) is 0 Å². The summed E-state index contributed by atoms with van der Waals surface area (Å²) >= 11 is 0. The van der Waals surface area contributed by atoms with Crippen molar-refractivity contribution in [1.29, 1.82) is 0 Å². The second-order valence-electron chi connectivity index (χ2n) is 4.58. The summed E-state index contributed by atoms with van der Waals surface area (Å²) in [6, 6.07) is 1.93. The predicted octanol–water partition coefficient (Wildman–Crippen LogP) is 1.26. The van der Waals surface area contributed by atoms with Crippen LogP contribution < -0.4 is 19.5 Å². The minimum Gasteiger partial charge on any atom is -0.481 e. The fourth-order valence-corrected chi connectivity index (χ4v) is 2.14. The van der Waals surface area contributed by atoms with E-state index in [0.717, 1.165) is 19.5 Å². The molecular formula is C13H21N3O3. The van der Waals surface area contributed by atoms with Gasteiger partial charge in [-0.15, -0.1) is 0 Å². The molecule has 1 unspecified atom stereocenters. The van der Waals surface area contributed by atoms with Crippen LogP contribution in [-0.4, -0.2) is 43.9 Å². The molecule has 0 bridgehead atoms. The van der Waals surface area contributed by atoms with E-state index in [2.05, 4.69) is 15.3 Å². The molecule has 2 heterocycles. The number of rotatable bonds is 6. The van der Waals surface area contributed by atoms with Gasteiger partial charge in [-0.05, 0) is 38.3 Å². The fourth-order valence-electron chi connectivity index (χ4n) is 2.14. The van der Waals surface area contributed by atoms with Gasteiger partial charge in [-0.25, -0.2) is 0 Å². The summed E-state index contributed by atoms with van der Waals surface area (Å²) in [6.07, 6.45) is 3.52. The number of methoxy groups -OCH3 is 2. The zero-order valence-corrected chi connectivity index (χ0v) is 11.5. The molecule has 1 atom stereocenters. The standard InChI is InChI=1S/C13H21N3O3/c1-17-11-8-12(18-2)16-13(15-11)19-7-5-10-4-3-6-14-9-10/h8,10,14H,3-7,9H2,1-2H3. The molecule has 1 aromatic rings. The number of nitrogens with zero attached hydrogens (tertiary/aromatic N) is 2. The molecule has 0 amide bonds. The Morgan fingerprint density at radius 3 is 2.58 bits per heavy atom. The first-order chi connectivity index (χ1) is 9.31. The Morgan fingerprint density at radius 1 is 1.26 bits per heavy atom. The van der Waals surface area contributed by atoms with E-state index in [0.29, 0.717) is 30.3 Å². The summed E-state index contributed by atoms with van der Waals surface area (Å²) in [5.74, 6) is 1.57. The van der Waals surface area contributed by atoms with Crippen LogP contribution in [0, 0.1) is 5.92 Å². The highest BCUT2D eigenvalue weighted by Crippen LogP contribution is 2.19. The van der Waals surface area contributed by atoms with Crippen LogP contribution >= 0.6 is 0 Å². The predicted molar refractivity (Wildman–Crippen MR) is 70.8 cm³/mol. The molecule has 1 aromatic heterocycles. The first kappa shape index (κ1) is 13.9. The van der Waals surface area contributed by atoms with Crippen molar-refractivity contribution in [3.05, 3.63) is 6.07 Å². The molecule has 19 heavy (non-hydrogen) atoms. The van der Waals surface area contributed by atoms with Crippen molar-refractivity contribution >= 4 is 0 Å². The molecule has 0 aromatic carbocycles. The first-order valence-electron chi connectivity index (χ1n) is 6.62. The van der Waals surface area contributed by atoms with Gasteiger partial charge >= 0.3 is 6.01 Å². The van der Waals surface area contributed by atoms with Gasteiger partial charge in [0.25, 0.3) is 0 Å². The molecule has 1 saturated heterocycles. The van der Waals surface area contributed by atoms with Gasteiger partial charge in [0.15, 0.2) is 0 Å². The maximum Gasteiger partial charge on any atom is 0.323 e. The van der Waals surface area contributed by atoms with Gasteiger partial charge in [-0.3, -0.25) is 0 Å². The summed E-state index contributed by atoms with van der Waals surface area (Å²) < 4.78 is 15.7. The van der Waals surface area contributed by atoms with E-state index in [-0.39, 0.29) is 0 Å². The number of piperidine rings is 1. The molecule has 1 fully saturated rings. The Labute approximate surface area is 113 Å². The lowest BCUT2D eigenvalue weighted by atomic mass is 9.97. The first-order valence-corrected chi connectivity index (χ1v) is 6.62. The molecule has 2 rings (SSSR count). The number of hydrogen-bond acceptors (Lipinski definition) is 6. The van der Waals surface area contributed by atoms with Gasteiger partial charge in [0.05, 0.1) is 26.9 Å². The lowest BCUT2D eigenvalue weighted by Gasteiger charge is -2.22. The van der Waals surface area contributed by atoms with Gasteiger partial charge in [0.1, 0.15) is 0 Å². The summed E-state index contributed by atoms with van der Waals surface area (Å²) in [6.45, 7) is 2.82. The normalized spacial score (nSPS) is 18.9. The molecule has 1 aliphatic heterocycles. The highest BCUT2D eigenvalue weighted by atomic mass is 16.5. The maximum absolute atomic E-state index is 5.58. The molecule has 6 nitrogen and oxygen atoms in total. The second kappa shape index (κ2) is 7.13. The van der Waals surface area contributed by atoms with E-state index in [1.54, 1.807) is 20.3 Å². The van der Waals surface area contributed by atoms with E-state index < -0.39 is 0 Å². The summed E-state index contributed by atoms with van der Waals surface area (Å²) in [7, 11) is 3.11. The Kier molecular flexibility index (Phi) is 5.20. The SMILES string of the molecule is COc1cc(OC)nc(OCCC2CCCNC2)n1. The molecule has 6 heteroatoms. The van der Waals surface area contributed by atoms with E-state index in [9.17, 15) is 0 Å². The maximum atomic E-state index is 5.58. The molecule has 0 aliphatic carbocycles. The smallest absolute Gasteiger partial charge is 0.323 e. The molecule has 0 spiro atoms. The zero-order chi connectivity index (χ0) is 13.5. The third kappa shape index (κ3) is 4.24. The lowest BCUT2D eigenvalue weighted by molar-refractivity contribution is 0.233. The Hall–Kier alpha value is -1.56. The fraction of sp³-hybridized carbons (Fsp3) is 0.692. The number of ether oxygens (including phenoxy) is 3. The topological polar surface area (TPSA) is 65.5 Å². The monoisotopic (exact) mass is 267 g/mol. The number of hydrogen-bond donors (Lipinski definition) is 1. The van der Waals surface area contributed by atoms with Crippen LogP contribution in [0.1, 0.15) is 19.3 Å². The average Bonchev–Trinajstić information content (AvgIpc) is 2.48. The van der Waals surface area contributed by atoms with Crippen LogP contribution in [0.3, 0.4) is 0 Å². The summed E-state index contributed by atoms with van der Waals surface area (Å²) in [5.41, 5.74) is 0. The van der Waals surface area contributed by atoms with Gasteiger partial charge in [0.2, 0.25) is 11.8 Å². The van der Waals surface area contributed by atoms with Gasteiger partial charge in [-0.2, -0.15) is 9.97 Å².